The topological polar surface area (TPSA) is 72.9 Å². The first-order valence-corrected chi connectivity index (χ1v) is 5.83. The number of carbonyl (C=O) groups excluding carboxylic acids is 1. The lowest BCUT2D eigenvalue weighted by Gasteiger charge is -2.24. The fourth-order valence-corrected chi connectivity index (χ4v) is 1.34. The van der Waals surface area contributed by atoms with E-state index in [9.17, 15) is 4.79 Å². The normalized spacial score (nSPS) is 13.1. The minimum atomic E-state index is -0.826. The molecule has 0 saturated heterocycles. The average molecular weight is 254 g/mol. The summed E-state index contributed by atoms with van der Waals surface area (Å²) >= 11 is 4.88. The van der Waals surface area contributed by atoms with Crippen molar-refractivity contribution in [2.75, 3.05) is 0 Å². The van der Waals surface area contributed by atoms with Crippen LogP contribution in [0.2, 0.25) is 0 Å². The van der Waals surface area contributed by atoms with E-state index < -0.39 is 5.41 Å². The molecule has 0 bridgehead atoms. The number of nitrogens with zero attached hydrogens (tertiary/aromatic N) is 2. The number of aromatic nitrogens is 2. The highest BCUT2D eigenvalue weighted by Crippen LogP contribution is 2.15. The highest BCUT2D eigenvalue weighted by atomic mass is 32.1. The van der Waals surface area contributed by atoms with Crippen molar-refractivity contribution in [3.63, 3.8) is 0 Å². The summed E-state index contributed by atoms with van der Waals surface area (Å²) in [6, 6.07) is 1.81. The molecule has 1 aromatic heterocycles. The van der Waals surface area contributed by atoms with Gasteiger partial charge in [0.25, 0.3) is 0 Å². The van der Waals surface area contributed by atoms with Gasteiger partial charge in [-0.3, -0.25) is 9.48 Å². The van der Waals surface area contributed by atoms with Crippen molar-refractivity contribution in [1.82, 2.24) is 15.1 Å². The molecule has 1 atom stereocenters. The summed E-state index contributed by atoms with van der Waals surface area (Å²) in [5.74, 6) is -0.162. The van der Waals surface area contributed by atoms with Crippen molar-refractivity contribution >= 4 is 23.1 Å². The van der Waals surface area contributed by atoms with Crippen LogP contribution in [0.15, 0.2) is 18.5 Å². The van der Waals surface area contributed by atoms with Crippen LogP contribution in [0.4, 0.5) is 0 Å². The first-order chi connectivity index (χ1) is 7.84. The lowest BCUT2D eigenvalue weighted by molar-refractivity contribution is -0.126. The number of nitrogens with two attached hydrogens (primary N) is 1. The van der Waals surface area contributed by atoms with Gasteiger partial charge in [-0.1, -0.05) is 12.2 Å². The van der Waals surface area contributed by atoms with E-state index in [1.165, 1.54) is 0 Å². The van der Waals surface area contributed by atoms with Gasteiger partial charge in [0.2, 0.25) is 5.91 Å². The molecule has 1 rings (SSSR count). The Morgan fingerprint density at radius 2 is 2.29 bits per heavy atom. The van der Waals surface area contributed by atoms with Crippen LogP contribution in [0.1, 0.15) is 20.8 Å². The zero-order valence-corrected chi connectivity index (χ0v) is 11.1. The molecule has 0 aliphatic carbocycles. The maximum absolute atomic E-state index is 11.9. The Morgan fingerprint density at radius 1 is 1.65 bits per heavy atom. The first-order valence-electron chi connectivity index (χ1n) is 5.42. The van der Waals surface area contributed by atoms with Crippen LogP contribution in [0.5, 0.6) is 0 Å². The SMILES string of the molecule is CC(Cn1cccn1)NC(=O)C(C)(C)C(N)=S. The Hall–Kier alpha value is -1.43. The molecule has 1 unspecified atom stereocenters. The number of hydrogen-bond acceptors (Lipinski definition) is 3. The Kier molecular flexibility index (Phi) is 4.22. The fraction of sp³-hybridized carbons (Fsp3) is 0.545. The molecule has 0 aliphatic heterocycles. The molecule has 0 spiro atoms. The van der Waals surface area contributed by atoms with E-state index in [4.69, 9.17) is 18.0 Å². The van der Waals surface area contributed by atoms with Gasteiger partial charge >= 0.3 is 0 Å². The van der Waals surface area contributed by atoms with Crippen molar-refractivity contribution in [2.24, 2.45) is 11.1 Å². The Balaban J connectivity index is 2.54. The molecule has 5 nitrogen and oxygen atoms in total. The molecule has 3 N–H and O–H groups in total. The van der Waals surface area contributed by atoms with Crippen molar-refractivity contribution in [3.05, 3.63) is 18.5 Å². The molecule has 6 heteroatoms. The predicted octanol–water partition coefficient (Wildman–Crippen LogP) is 0.700. The second kappa shape index (κ2) is 5.27. The quantitative estimate of drug-likeness (QED) is 0.759. The van der Waals surface area contributed by atoms with E-state index in [1.807, 2.05) is 19.2 Å². The van der Waals surface area contributed by atoms with Crippen molar-refractivity contribution < 1.29 is 4.79 Å². The van der Waals surface area contributed by atoms with Crippen LogP contribution >= 0.6 is 12.2 Å². The molecule has 0 aromatic carbocycles. The fourth-order valence-electron chi connectivity index (χ4n) is 1.25. The Bertz CT molecular complexity index is 400. The third kappa shape index (κ3) is 3.52. The summed E-state index contributed by atoms with van der Waals surface area (Å²) in [5, 5.41) is 6.95. The molecule has 94 valence electrons. The van der Waals surface area contributed by atoms with Gasteiger partial charge in [0.1, 0.15) is 0 Å². The molecule has 17 heavy (non-hydrogen) atoms. The summed E-state index contributed by atoms with van der Waals surface area (Å²) < 4.78 is 1.76. The summed E-state index contributed by atoms with van der Waals surface area (Å²) in [5.41, 5.74) is 4.71. The van der Waals surface area contributed by atoms with E-state index in [-0.39, 0.29) is 16.9 Å². The van der Waals surface area contributed by atoms with E-state index >= 15 is 0 Å². The minimum absolute atomic E-state index is 0.0315. The van der Waals surface area contributed by atoms with E-state index in [0.717, 1.165) is 0 Å². The third-order valence-corrected chi connectivity index (χ3v) is 3.09. The number of nitrogens with one attached hydrogen (secondary N) is 1. The van der Waals surface area contributed by atoms with Crippen LogP contribution in [0, 0.1) is 5.41 Å². The standard InChI is InChI=1S/C11H18N4OS/c1-8(7-15-6-4-5-13-15)14-10(16)11(2,3)9(12)17/h4-6,8H,7H2,1-3H3,(H2,12,17)(H,14,16). The molecule has 0 aliphatic rings. The van der Waals surface area contributed by atoms with Crippen LogP contribution in [0.3, 0.4) is 0 Å². The van der Waals surface area contributed by atoms with Gasteiger partial charge < -0.3 is 11.1 Å². The van der Waals surface area contributed by atoms with Crippen LogP contribution < -0.4 is 11.1 Å². The van der Waals surface area contributed by atoms with E-state index in [2.05, 4.69) is 10.4 Å². The van der Waals surface area contributed by atoms with Gasteiger partial charge in [-0.05, 0) is 26.8 Å². The van der Waals surface area contributed by atoms with Crippen molar-refractivity contribution in [3.8, 4) is 0 Å². The van der Waals surface area contributed by atoms with Gasteiger partial charge in [0.05, 0.1) is 16.9 Å². The largest absolute Gasteiger partial charge is 0.392 e. The lowest BCUT2D eigenvalue weighted by Crippen LogP contribution is -2.48. The predicted molar refractivity (Wildman–Crippen MR) is 70.4 cm³/mol. The number of thiocarbonyl (C=S) groups is 1. The second-order valence-corrected chi connectivity index (χ2v) is 5.03. The van der Waals surface area contributed by atoms with Gasteiger partial charge in [0, 0.05) is 18.4 Å². The molecule has 0 radical (unpaired) electrons. The number of hydrogen-bond donors (Lipinski definition) is 2. The zero-order chi connectivity index (χ0) is 13.1. The van der Waals surface area contributed by atoms with Gasteiger partial charge in [0.15, 0.2) is 0 Å². The summed E-state index contributed by atoms with van der Waals surface area (Å²) in [6.45, 7) is 5.96. The van der Waals surface area contributed by atoms with Gasteiger partial charge in [-0.15, -0.1) is 0 Å². The monoisotopic (exact) mass is 254 g/mol. The minimum Gasteiger partial charge on any atom is -0.392 e. The molecule has 0 fully saturated rings. The van der Waals surface area contributed by atoms with Crippen molar-refractivity contribution in [2.45, 2.75) is 33.4 Å². The Labute approximate surface area is 106 Å². The second-order valence-electron chi connectivity index (χ2n) is 4.59. The lowest BCUT2D eigenvalue weighted by atomic mass is 9.92. The smallest absolute Gasteiger partial charge is 0.232 e. The first kappa shape index (κ1) is 13.6. The number of rotatable bonds is 5. The maximum Gasteiger partial charge on any atom is 0.232 e. The van der Waals surface area contributed by atoms with E-state index in [1.54, 1.807) is 24.7 Å². The van der Waals surface area contributed by atoms with Crippen LogP contribution in [-0.2, 0) is 11.3 Å². The summed E-state index contributed by atoms with van der Waals surface area (Å²) in [6.07, 6.45) is 3.55. The Morgan fingerprint density at radius 3 is 2.76 bits per heavy atom. The van der Waals surface area contributed by atoms with E-state index in [0.29, 0.717) is 6.54 Å². The van der Waals surface area contributed by atoms with Crippen LogP contribution in [-0.4, -0.2) is 26.7 Å². The van der Waals surface area contributed by atoms with Crippen molar-refractivity contribution in [1.29, 1.82) is 0 Å². The highest BCUT2D eigenvalue weighted by molar-refractivity contribution is 7.80. The van der Waals surface area contributed by atoms with Gasteiger partial charge in [-0.25, -0.2) is 0 Å². The maximum atomic E-state index is 11.9. The molecule has 1 aromatic rings. The molecule has 1 heterocycles. The molecular formula is C11H18N4OS. The van der Waals surface area contributed by atoms with Gasteiger partial charge in [-0.2, -0.15) is 5.10 Å². The summed E-state index contributed by atoms with van der Waals surface area (Å²) in [7, 11) is 0. The third-order valence-electron chi connectivity index (χ3n) is 2.58. The molecule has 1 amide bonds. The number of amides is 1. The van der Waals surface area contributed by atoms with Crippen LogP contribution in [0.25, 0.3) is 0 Å². The molecule has 0 saturated carbocycles. The highest BCUT2D eigenvalue weighted by Gasteiger charge is 2.31. The summed E-state index contributed by atoms with van der Waals surface area (Å²) in [4.78, 5) is 12.1. The average Bonchev–Trinajstić information content (AvgIpc) is 2.69. The zero-order valence-electron chi connectivity index (χ0n) is 10.3. The molecular weight excluding hydrogens is 236 g/mol. The number of carbonyl (C=O) groups is 1.